The fourth-order valence-electron chi connectivity index (χ4n) is 2.22. The summed E-state index contributed by atoms with van der Waals surface area (Å²) in [6.45, 7) is 0.600. The molecule has 0 aromatic heterocycles. The molecule has 122 valence electrons. The number of rotatable bonds is 7. The lowest BCUT2D eigenvalue weighted by molar-refractivity contribution is 0.0952. The van der Waals surface area contributed by atoms with Crippen molar-refractivity contribution in [3.63, 3.8) is 0 Å². The summed E-state index contributed by atoms with van der Waals surface area (Å²) in [7, 11) is 3.12. The number of carbonyl (C=O) groups is 1. The summed E-state index contributed by atoms with van der Waals surface area (Å²) in [6.07, 6.45) is 1.75. The molecule has 0 aliphatic rings. The molecule has 1 amide bonds. The van der Waals surface area contributed by atoms with Crippen LogP contribution in [0.4, 0.5) is 5.69 Å². The van der Waals surface area contributed by atoms with Gasteiger partial charge in [0, 0.05) is 23.9 Å². The summed E-state index contributed by atoms with van der Waals surface area (Å²) in [5, 5.41) is 2.91. The van der Waals surface area contributed by atoms with Crippen LogP contribution in [0.2, 0.25) is 0 Å². The molecule has 3 N–H and O–H groups in total. The highest BCUT2D eigenvalue weighted by Gasteiger charge is 2.09. The van der Waals surface area contributed by atoms with Crippen LogP contribution in [0.3, 0.4) is 0 Å². The van der Waals surface area contributed by atoms with Crippen molar-refractivity contribution < 1.29 is 14.3 Å². The lowest BCUT2D eigenvalue weighted by Crippen LogP contribution is -2.24. The standard InChI is InChI=1S/C18H22N2O3/c1-22-16-10-14(11-17(12-16)23-2)18(21)20-9-3-4-13-5-7-15(19)8-6-13/h5-8,10-12H,3-4,9,19H2,1-2H3,(H,20,21). The Hall–Kier alpha value is -2.69. The van der Waals surface area contributed by atoms with Gasteiger partial charge in [0.1, 0.15) is 11.5 Å². The number of nitrogen functional groups attached to an aromatic ring is 1. The van der Waals surface area contributed by atoms with Crippen molar-refractivity contribution in [3.05, 3.63) is 53.6 Å². The lowest BCUT2D eigenvalue weighted by atomic mass is 10.1. The third kappa shape index (κ3) is 4.92. The second kappa shape index (κ2) is 8.08. The third-order valence-electron chi connectivity index (χ3n) is 3.52. The molecule has 2 aromatic carbocycles. The molecule has 0 aliphatic heterocycles. The minimum absolute atomic E-state index is 0.139. The first-order valence-corrected chi connectivity index (χ1v) is 7.48. The Balaban J connectivity index is 1.86. The Morgan fingerprint density at radius 2 is 1.65 bits per heavy atom. The Kier molecular flexibility index (Phi) is 5.86. The summed E-state index contributed by atoms with van der Waals surface area (Å²) in [4.78, 5) is 12.2. The topological polar surface area (TPSA) is 73.6 Å². The van der Waals surface area contributed by atoms with Gasteiger partial charge in [0.25, 0.3) is 5.91 Å². The van der Waals surface area contributed by atoms with Gasteiger partial charge in [-0.05, 0) is 42.7 Å². The average Bonchev–Trinajstić information content (AvgIpc) is 2.59. The van der Waals surface area contributed by atoms with Crippen LogP contribution in [0.15, 0.2) is 42.5 Å². The van der Waals surface area contributed by atoms with E-state index >= 15 is 0 Å². The fourth-order valence-corrected chi connectivity index (χ4v) is 2.22. The van der Waals surface area contributed by atoms with Crippen LogP contribution in [0.1, 0.15) is 22.3 Å². The van der Waals surface area contributed by atoms with Gasteiger partial charge in [-0.2, -0.15) is 0 Å². The smallest absolute Gasteiger partial charge is 0.251 e. The summed E-state index contributed by atoms with van der Waals surface area (Å²) in [5.74, 6) is 1.05. The van der Waals surface area contributed by atoms with Gasteiger partial charge in [0.15, 0.2) is 0 Å². The van der Waals surface area contributed by atoms with E-state index in [0.29, 0.717) is 23.6 Å². The molecule has 0 radical (unpaired) electrons. The van der Waals surface area contributed by atoms with Gasteiger partial charge >= 0.3 is 0 Å². The van der Waals surface area contributed by atoms with E-state index in [-0.39, 0.29) is 5.91 Å². The number of hydrogen-bond acceptors (Lipinski definition) is 4. The zero-order valence-electron chi connectivity index (χ0n) is 13.5. The molecule has 0 atom stereocenters. The molecule has 0 heterocycles. The van der Waals surface area contributed by atoms with Gasteiger partial charge < -0.3 is 20.5 Å². The van der Waals surface area contributed by atoms with Crippen LogP contribution in [-0.4, -0.2) is 26.7 Å². The lowest BCUT2D eigenvalue weighted by Gasteiger charge is -2.09. The third-order valence-corrected chi connectivity index (χ3v) is 3.52. The number of amides is 1. The highest BCUT2D eigenvalue weighted by Crippen LogP contribution is 2.22. The predicted molar refractivity (Wildman–Crippen MR) is 91.1 cm³/mol. The van der Waals surface area contributed by atoms with Gasteiger partial charge in [-0.15, -0.1) is 0 Å². The van der Waals surface area contributed by atoms with Gasteiger partial charge in [0.2, 0.25) is 0 Å². The van der Waals surface area contributed by atoms with E-state index in [0.717, 1.165) is 18.5 Å². The van der Waals surface area contributed by atoms with Crippen molar-refractivity contribution in [3.8, 4) is 11.5 Å². The van der Waals surface area contributed by atoms with E-state index < -0.39 is 0 Å². The number of hydrogen-bond donors (Lipinski definition) is 2. The van der Waals surface area contributed by atoms with E-state index in [9.17, 15) is 4.79 Å². The first-order valence-electron chi connectivity index (χ1n) is 7.48. The van der Waals surface area contributed by atoms with Crippen molar-refractivity contribution >= 4 is 11.6 Å². The zero-order valence-corrected chi connectivity index (χ0v) is 13.5. The Morgan fingerprint density at radius 3 is 2.22 bits per heavy atom. The second-order valence-electron chi connectivity index (χ2n) is 5.20. The molecule has 5 heteroatoms. The van der Waals surface area contributed by atoms with Crippen LogP contribution in [0, 0.1) is 0 Å². The number of methoxy groups -OCH3 is 2. The SMILES string of the molecule is COc1cc(OC)cc(C(=O)NCCCc2ccc(N)cc2)c1. The first-order chi connectivity index (χ1) is 11.1. The maximum Gasteiger partial charge on any atom is 0.251 e. The van der Waals surface area contributed by atoms with Gasteiger partial charge in [-0.3, -0.25) is 4.79 Å². The molecule has 0 fully saturated rings. The fraction of sp³-hybridized carbons (Fsp3) is 0.278. The van der Waals surface area contributed by atoms with E-state index in [1.807, 2.05) is 24.3 Å². The zero-order chi connectivity index (χ0) is 16.7. The molecule has 0 aliphatic carbocycles. The number of anilines is 1. The molecule has 2 aromatic rings. The quantitative estimate of drug-likeness (QED) is 0.608. The molecule has 5 nitrogen and oxygen atoms in total. The minimum Gasteiger partial charge on any atom is -0.497 e. The van der Waals surface area contributed by atoms with E-state index in [2.05, 4.69) is 5.32 Å². The maximum atomic E-state index is 12.2. The molecule has 0 spiro atoms. The van der Waals surface area contributed by atoms with Crippen LogP contribution in [0.25, 0.3) is 0 Å². The second-order valence-corrected chi connectivity index (χ2v) is 5.20. The van der Waals surface area contributed by atoms with Gasteiger partial charge in [-0.25, -0.2) is 0 Å². The molecule has 2 rings (SSSR count). The monoisotopic (exact) mass is 314 g/mol. The Bertz CT molecular complexity index is 632. The molecule has 0 bridgehead atoms. The summed E-state index contributed by atoms with van der Waals surface area (Å²) < 4.78 is 10.3. The summed E-state index contributed by atoms with van der Waals surface area (Å²) in [6, 6.07) is 12.9. The number of ether oxygens (including phenoxy) is 2. The molecule has 0 unspecified atom stereocenters. The van der Waals surface area contributed by atoms with Gasteiger partial charge in [0.05, 0.1) is 14.2 Å². The van der Waals surface area contributed by atoms with Crippen molar-refractivity contribution in [2.45, 2.75) is 12.8 Å². The molecule has 23 heavy (non-hydrogen) atoms. The van der Waals surface area contributed by atoms with Crippen molar-refractivity contribution in [1.82, 2.24) is 5.32 Å². The first kappa shape index (κ1) is 16.7. The van der Waals surface area contributed by atoms with E-state index in [4.69, 9.17) is 15.2 Å². The molecule has 0 saturated heterocycles. The van der Waals surface area contributed by atoms with Crippen molar-refractivity contribution in [2.24, 2.45) is 0 Å². The van der Waals surface area contributed by atoms with Crippen molar-refractivity contribution in [2.75, 3.05) is 26.5 Å². The molecule has 0 saturated carbocycles. The Labute approximate surface area is 136 Å². The van der Waals surface area contributed by atoms with Crippen LogP contribution >= 0.6 is 0 Å². The normalized spacial score (nSPS) is 10.2. The highest BCUT2D eigenvalue weighted by molar-refractivity contribution is 5.95. The number of carbonyl (C=O) groups excluding carboxylic acids is 1. The van der Waals surface area contributed by atoms with E-state index in [1.54, 1.807) is 32.4 Å². The number of aryl methyl sites for hydroxylation is 1. The van der Waals surface area contributed by atoms with Crippen molar-refractivity contribution in [1.29, 1.82) is 0 Å². The predicted octanol–water partition coefficient (Wildman–Crippen LogP) is 2.65. The highest BCUT2D eigenvalue weighted by atomic mass is 16.5. The Morgan fingerprint density at radius 1 is 1.04 bits per heavy atom. The van der Waals surface area contributed by atoms with Gasteiger partial charge in [-0.1, -0.05) is 12.1 Å². The number of benzene rings is 2. The van der Waals surface area contributed by atoms with Crippen LogP contribution < -0.4 is 20.5 Å². The summed E-state index contributed by atoms with van der Waals surface area (Å²) >= 11 is 0. The van der Waals surface area contributed by atoms with Crippen LogP contribution in [-0.2, 0) is 6.42 Å². The van der Waals surface area contributed by atoms with Crippen LogP contribution in [0.5, 0.6) is 11.5 Å². The molecular weight excluding hydrogens is 292 g/mol. The number of nitrogens with two attached hydrogens (primary N) is 1. The largest absolute Gasteiger partial charge is 0.497 e. The van der Waals surface area contributed by atoms with E-state index in [1.165, 1.54) is 5.56 Å². The summed E-state index contributed by atoms with van der Waals surface area (Å²) in [5.41, 5.74) is 8.14. The number of nitrogens with one attached hydrogen (secondary N) is 1. The molecular formula is C18H22N2O3. The minimum atomic E-state index is -0.139. The maximum absolute atomic E-state index is 12.2. The average molecular weight is 314 g/mol.